The number of aliphatic carboxylic acids is 2. The number of carbonyl (C=O) groups is 2. The summed E-state index contributed by atoms with van der Waals surface area (Å²) in [5.41, 5.74) is 0. The number of aliphatic hydroxyl groups is 10. The molecule has 0 spiro atoms. The van der Waals surface area contributed by atoms with Crippen molar-refractivity contribution in [2.24, 2.45) is 0 Å². The van der Waals surface area contributed by atoms with Crippen molar-refractivity contribution >= 4 is 11.9 Å². The first-order valence-electron chi connectivity index (χ1n) is 10.3. The fraction of sp³-hybridized carbons (Fsp3) is 0.889. The first-order chi connectivity index (χ1) is 16.0. The minimum atomic E-state index is -2.36. The maximum absolute atomic E-state index is 10.1. The second kappa shape index (κ2) is 24.6. The van der Waals surface area contributed by atoms with Crippen LogP contribution in [0.4, 0.5) is 0 Å². The van der Waals surface area contributed by atoms with Crippen LogP contribution in [0, 0.1) is 0 Å². The summed E-state index contributed by atoms with van der Waals surface area (Å²) in [5, 5.41) is 102. The third-order valence-corrected chi connectivity index (χ3v) is 4.00. The number of carboxylic acid groups (broad SMARTS) is 2. The molecule has 206 valence electrons. The average Bonchev–Trinajstić information content (AvgIpc) is 2.79. The van der Waals surface area contributed by atoms with Crippen molar-refractivity contribution in [1.82, 2.24) is 9.80 Å². The lowest BCUT2D eigenvalue weighted by Crippen LogP contribution is -2.49. The van der Waals surface area contributed by atoms with Crippen molar-refractivity contribution in [3.63, 3.8) is 0 Å². The number of aliphatic hydroxyl groups excluding tert-OH is 10. The zero-order valence-electron chi connectivity index (χ0n) is 18.9. The van der Waals surface area contributed by atoms with Gasteiger partial charge in [0, 0.05) is 39.3 Å². The van der Waals surface area contributed by atoms with Gasteiger partial charge in [0.05, 0.1) is 39.6 Å². The van der Waals surface area contributed by atoms with E-state index in [1.165, 1.54) is 0 Å². The summed E-state index contributed by atoms with van der Waals surface area (Å²) in [6.07, 6.45) is -9.28. The van der Waals surface area contributed by atoms with Crippen molar-refractivity contribution in [3.05, 3.63) is 0 Å². The van der Waals surface area contributed by atoms with Crippen LogP contribution in [-0.4, -0.2) is 186 Å². The van der Waals surface area contributed by atoms with Crippen LogP contribution in [0.5, 0.6) is 0 Å². The monoisotopic (exact) mass is 508 g/mol. The van der Waals surface area contributed by atoms with Crippen LogP contribution in [0.2, 0.25) is 0 Å². The lowest BCUT2D eigenvalue weighted by Gasteiger charge is -2.21. The van der Waals surface area contributed by atoms with E-state index in [2.05, 4.69) is 0 Å². The third-order valence-electron chi connectivity index (χ3n) is 4.00. The Labute approximate surface area is 196 Å². The van der Waals surface area contributed by atoms with Gasteiger partial charge in [0.15, 0.2) is 12.2 Å². The average molecular weight is 509 g/mol. The molecule has 0 aliphatic carbocycles. The minimum absolute atomic E-state index is 0.0694. The molecule has 0 radical (unpaired) electrons. The maximum Gasteiger partial charge on any atom is 0.335 e. The number of hydrogen-bond acceptors (Lipinski definition) is 14. The number of carboxylic acids is 2. The molecule has 16 nitrogen and oxygen atoms in total. The molecule has 0 saturated heterocycles. The lowest BCUT2D eigenvalue weighted by atomic mass is 10.0. The summed E-state index contributed by atoms with van der Waals surface area (Å²) in [7, 11) is 0. The number of hydrogen-bond donors (Lipinski definition) is 12. The molecule has 12 N–H and O–H groups in total. The Bertz CT molecular complexity index is 417. The van der Waals surface area contributed by atoms with E-state index in [1.807, 2.05) is 0 Å². The molecular weight excluding hydrogens is 468 g/mol. The largest absolute Gasteiger partial charge is 0.479 e. The van der Waals surface area contributed by atoms with E-state index in [-0.39, 0.29) is 39.6 Å². The molecule has 0 aliphatic heterocycles. The summed E-state index contributed by atoms with van der Waals surface area (Å²) in [6.45, 7) is 3.51. The highest BCUT2D eigenvalue weighted by Crippen LogP contribution is 2.05. The third kappa shape index (κ3) is 19.9. The summed E-state index contributed by atoms with van der Waals surface area (Å²) in [6, 6.07) is 0. The van der Waals surface area contributed by atoms with Gasteiger partial charge in [-0.05, 0) is 0 Å². The fourth-order valence-corrected chi connectivity index (χ4v) is 2.19. The summed E-state index contributed by atoms with van der Waals surface area (Å²) < 4.78 is 0. The highest BCUT2D eigenvalue weighted by Gasteiger charge is 2.37. The minimum Gasteiger partial charge on any atom is -0.479 e. The molecule has 0 bridgehead atoms. The molecule has 0 fully saturated rings. The molecule has 0 aromatic heterocycles. The van der Waals surface area contributed by atoms with E-state index in [4.69, 9.17) is 61.3 Å². The predicted octanol–water partition coefficient (Wildman–Crippen LogP) is -6.87. The zero-order chi connectivity index (χ0) is 27.1. The molecule has 0 aromatic rings. The normalized spacial score (nSPS) is 14.4. The summed E-state index contributed by atoms with van der Waals surface area (Å²) in [5.74, 6) is -3.68. The Morgan fingerprint density at radius 3 is 0.765 bits per heavy atom. The van der Waals surface area contributed by atoms with Crippen LogP contribution in [0.25, 0.3) is 0 Å². The van der Waals surface area contributed by atoms with Gasteiger partial charge in [-0.25, -0.2) is 9.59 Å². The topological polar surface area (TPSA) is 283 Å². The van der Waals surface area contributed by atoms with Gasteiger partial charge in [0.1, 0.15) is 12.2 Å². The first kappa shape index (κ1) is 37.0. The van der Waals surface area contributed by atoms with Gasteiger partial charge in [-0.1, -0.05) is 0 Å². The molecule has 0 aromatic carbocycles. The first-order valence-corrected chi connectivity index (χ1v) is 10.3. The number of rotatable bonds is 17. The van der Waals surface area contributed by atoms with Crippen LogP contribution in [0.15, 0.2) is 0 Å². The van der Waals surface area contributed by atoms with Gasteiger partial charge in [0.25, 0.3) is 0 Å². The standard InChI is InChI=1S/2C6H15NO3.C6H10O8/c2*8-4-1-7(2-5-9)3-6-10;7-1(3(9)5(11)12)2(8)4(10)6(13)14/h2*8-10H,1-6H2;1-4,7-10H,(H,11,12)(H,13,14)/t;;1-,2-,3-,4+/m..0/s1. The summed E-state index contributed by atoms with van der Waals surface area (Å²) >= 11 is 0. The fourth-order valence-electron chi connectivity index (χ4n) is 2.19. The second-order valence-electron chi connectivity index (χ2n) is 6.57. The van der Waals surface area contributed by atoms with Crippen molar-refractivity contribution in [2.75, 3.05) is 78.9 Å². The van der Waals surface area contributed by atoms with Gasteiger partial charge >= 0.3 is 11.9 Å². The smallest absolute Gasteiger partial charge is 0.335 e. The van der Waals surface area contributed by atoms with Crippen molar-refractivity contribution in [2.45, 2.75) is 24.4 Å². The van der Waals surface area contributed by atoms with Crippen molar-refractivity contribution in [3.8, 4) is 0 Å². The Hall–Kier alpha value is -1.54. The lowest BCUT2D eigenvalue weighted by molar-refractivity contribution is -0.172. The Kier molecular flexibility index (Phi) is 26.8. The van der Waals surface area contributed by atoms with Gasteiger partial charge in [-0.3, -0.25) is 9.80 Å². The molecule has 0 rings (SSSR count). The van der Waals surface area contributed by atoms with Crippen LogP contribution in [-0.2, 0) is 9.59 Å². The van der Waals surface area contributed by atoms with Crippen LogP contribution in [0.1, 0.15) is 0 Å². The predicted molar refractivity (Wildman–Crippen MR) is 115 cm³/mol. The molecule has 4 atom stereocenters. The van der Waals surface area contributed by atoms with Gasteiger partial charge in [-0.2, -0.15) is 0 Å². The molecule has 0 amide bonds. The Morgan fingerprint density at radius 2 is 0.647 bits per heavy atom. The Morgan fingerprint density at radius 1 is 0.471 bits per heavy atom. The maximum atomic E-state index is 10.1. The van der Waals surface area contributed by atoms with Crippen LogP contribution < -0.4 is 0 Å². The van der Waals surface area contributed by atoms with Crippen molar-refractivity contribution in [1.29, 1.82) is 0 Å². The Balaban J connectivity index is -0.000000434. The van der Waals surface area contributed by atoms with Gasteiger partial charge in [-0.15, -0.1) is 0 Å². The molecule has 0 unspecified atom stereocenters. The molecule has 16 heteroatoms. The second-order valence-corrected chi connectivity index (χ2v) is 6.57. The van der Waals surface area contributed by atoms with E-state index in [1.54, 1.807) is 9.80 Å². The van der Waals surface area contributed by atoms with E-state index in [9.17, 15) is 9.59 Å². The van der Waals surface area contributed by atoms with E-state index >= 15 is 0 Å². The van der Waals surface area contributed by atoms with Crippen molar-refractivity contribution < 1.29 is 70.9 Å². The molecule has 0 saturated carbocycles. The molecule has 34 heavy (non-hydrogen) atoms. The molecule has 0 heterocycles. The highest BCUT2D eigenvalue weighted by atomic mass is 16.4. The van der Waals surface area contributed by atoms with Gasteiger partial charge < -0.3 is 61.3 Å². The quantitative estimate of drug-likeness (QED) is 0.0869. The van der Waals surface area contributed by atoms with Crippen LogP contribution >= 0.6 is 0 Å². The SMILES string of the molecule is O=C(O)[C@@H](O)[C@@H](O)[C@H](O)[C@@H](O)C(=O)O.OCCN(CCO)CCO.OCCN(CCO)CCO. The van der Waals surface area contributed by atoms with E-state index in [0.29, 0.717) is 39.3 Å². The van der Waals surface area contributed by atoms with E-state index in [0.717, 1.165) is 0 Å². The van der Waals surface area contributed by atoms with Crippen LogP contribution in [0.3, 0.4) is 0 Å². The zero-order valence-corrected chi connectivity index (χ0v) is 18.9. The molecular formula is C18H40N2O14. The van der Waals surface area contributed by atoms with E-state index < -0.39 is 36.4 Å². The highest BCUT2D eigenvalue weighted by molar-refractivity contribution is 5.75. The number of nitrogens with zero attached hydrogens (tertiary/aromatic N) is 2. The molecule has 0 aliphatic rings. The van der Waals surface area contributed by atoms with Gasteiger partial charge in [0.2, 0.25) is 0 Å². The summed E-state index contributed by atoms with van der Waals surface area (Å²) in [4.78, 5) is 23.8.